The minimum Gasteiger partial charge on any atom is -0.496 e. The summed E-state index contributed by atoms with van der Waals surface area (Å²) >= 11 is 0. The first-order chi connectivity index (χ1) is 11.6. The molecule has 1 amide bonds. The lowest BCUT2D eigenvalue weighted by molar-refractivity contribution is -0.121. The Morgan fingerprint density at radius 3 is 2.50 bits per heavy atom. The Balaban J connectivity index is 1.75. The Bertz CT molecular complexity index is 782. The molecule has 124 valence electrons. The van der Waals surface area contributed by atoms with Crippen LogP contribution in [0.2, 0.25) is 0 Å². The van der Waals surface area contributed by atoms with Gasteiger partial charge in [-0.25, -0.2) is 5.43 Å². The van der Waals surface area contributed by atoms with Crippen LogP contribution in [0.15, 0.2) is 47.6 Å². The highest BCUT2D eigenvalue weighted by molar-refractivity contribution is 6.05. The average Bonchev–Trinajstić information content (AvgIpc) is 2.56. The molecule has 0 aliphatic carbocycles. The summed E-state index contributed by atoms with van der Waals surface area (Å²) in [7, 11) is 1.67. The summed E-state index contributed by atoms with van der Waals surface area (Å²) in [5, 5.41) is 7.57. The number of methoxy groups -OCH3 is 1. The third kappa shape index (κ3) is 3.40. The number of nitrogens with one attached hydrogen (secondary N) is 2. The van der Waals surface area contributed by atoms with Gasteiger partial charge in [0.2, 0.25) is 5.91 Å². The quantitative estimate of drug-likeness (QED) is 0.903. The number of carbonyl (C=O) groups excluding carboxylic acids is 1. The maximum Gasteiger partial charge on any atom is 0.240 e. The van der Waals surface area contributed by atoms with Gasteiger partial charge in [-0.15, -0.1) is 0 Å². The molecule has 0 spiro atoms. The molecule has 3 rings (SSSR count). The second-order valence-electron chi connectivity index (χ2n) is 6.02. The predicted molar refractivity (Wildman–Crippen MR) is 95.9 cm³/mol. The average molecular weight is 323 g/mol. The molecule has 0 radical (unpaired) electrons. The van der Waals surface area contributed by atoms with Crippen molar-refractivity contribution < 1.29 is 9.53 Å². The summed E-state index contributed by atoms with van der Waals surface area (Å²) < 4.78 is 5.28. The monoisotopic (exact) mass is 323 g/mol. The molecule has 0 unspecified atom stereocenters. The first-order valence-electron chi connectivity index (χ1n) is 7.95. The van der Waals surface area contributed by atoms with Gasteiger partial charge in [0.1, 0.15) is 5.75 Å². The van der Waals surface area contributed by atoms with Crippen LogP contribution >= 0.6 is 0 Å². The molecule has 1 aliphatic heterocycles. The zero-order valence-corrected chi connectivity index (χ0v) is 14.1. The van der Waals surface area contributed by atoms with Gasteiger partial charge in [0.05, 0.1) is 12.8 Å². The van der Waals surface area contributed by atoms with Gasteiger partial charge in [0.15, 0.2) is 0 Å². The molecule has 2 aromatic rings. The Labute approximate surface area is 141 Å². The summed E-state index contributed by atoms with van der Waals surface area (Å²) in [6.07, 6.45) is 0.476. The van der Waals surface area contributed by atoms with Gasteiger partial charge in [0, 0.05) is 23.7 Å². The molecule has 2 aromatic carbocycles. The van der Waals surface area contributed by atoms with Crippen molar-refractivity contribution in [1.82, 2.24) is 5.43 Å². The molecule has 1 heterocycles. The van der Waals surface area contributed by atoms with E-state index in [1.807, 2.05) is 50.2 Å². The van der Waals surface area contributed by atoms with E-state index in [2.05, 4.69) is 21.9 Å². The number of benzene rings is 2. The van der Waals surface area contributed by atoms with Crippen molar-refractivity contribution in [2.75, 3.05) is 12.4 Å². The zero-order chi connectivity index (χ0) is 17.1. The third-order valence-corrected chi connectivity index (χ3v) is 4.12. The van der Waals surface area contributed by atoms with Gasteiger partial charge in [-0.1, -0.05) is 19.1 Å². The smallest absolute Gasteiger partial charge is 0.240 e. The summed E-state index contributed by atoms with van der Waals surface area (Å²) in [6, 6.07) is 14.1. The zero-order valence-electron chi connectivity index (χ0n) is 14.1. The van der Waals surface area contributed by atoms with Crippen molar-refractivity contribution in [2.24, 2.45) is 11.0 Å². The lowest BCUT2D eigenvalue weighted by Crippen LogP contribution is -2.31. The molecule has 0 saturated carbocycles. The number of hydrazone groups is 1. The van der Waals surface area contributed by atoms with E-state index in [0.717, 1.165) is 34.0 Å². The molecular weight excluding hydrogens is 302 g/mol. The van der Waals surface area contributed by atoms with Crippen LogP contribution in [0.25, 0.3) is 0 Å². The van der Waals surface area contributed by atoms with E-state index < -0.39 is 0 Å². The molecular formula is C19H21N3O2. The fraction of sp³-hybridized carbons (Fsp3) is 0.263. The molecule has 0 saturated heterocycles. The van der Waals surface area contributed by atoms with E-state index >= 15 is 0 Å². The number of nitrogens with zero attached hydrogens (tertiary/aromatic N) is 1. The second-order valence-corrected chi connectivity index (χ2v) is 6.02. The van der Waals surface area contributed by atoms with Crippen LogP contribution in [0.5, 0.6) is 5.75 Å². The highest BCUT2D eigenvalue weighted by Crippen LogP contribution is 2.25. The predicted octanol–water partition coefficient (Wildman–Crippen LogP) is 3.61. The molecule has 0 aromatic heterocycles. The number of carbonyl (C=O) groups is 1. The molecule has 0 fully saturated rings. The normalized spacial score (nSPS) is 17.0. The highest BCUT2D eigenvalue weighted by Gasteiger charge is 2.21. The molecule has 1 aliphatic rings. The molecule has 24 heavy (non-hydrogen) atoms. The Kier molecular flexibility index (Phi) is 4.51. The van der Waals surface area contributed by atoms with Gasteiger partial charge >= 0.3 is 0 Å². The van der Waals surface area contributed by atoms with Crippen LogP contribution in [0, 0.1) is 12.8 Å². The van der Waals surface area contributed by atoms with Gasteiger partial charge in [0.25, 0.3) is 0 Å². The molecule has 5 heteroatoms. The van der Waals surface area contributed by atoms with Crippen molar-refractivity contribution in [3.05, 3.63) is 53.6 Å². The lowest BCUT2D eigenvalue weighted by atomic mass is 9.94. The minimum absolute atomic E-state index is 0.0283. The largest absolute Gasteiger partial charge is 0.496 e. The summed E-state index contributed by atoms with van der Waals surface area (Å²) in [6.45, 7) is 4.04. The first kappa shape index (κ1) is 16.1. The first-order valence-corrected chi connectivity index (χ1v) is 7.95. The fourth-order valence-electron chi connectivity index (χ4n) is 2.85. The standard InChI is InChI=1S/C19H21N3O2/c1-12-10-16(8-9-17(12)24-3)20-15-6-4-14(5-7-15)19-13(2)11-18(23)21-22-19/h4-10,13,20H,11H2,1-3H3,(H,21,23)/t13-/m1/s1. The molecule has 1 atom stereocenters. The SMILES string of the molecule is COc1ccc(Nc2ccc(C3=NNC(=O)C[C@H]3C)cc2)cc1C. The van der Waals surface area contributed by atoms with E-state index in [1.165, 1.54) is 0 Å². The maximum atomic E-state index is 11.3. The van der Waals surface area contributed by atoms with Crippen LogP contribution in [-0.4, -0.2) is 18.7 Å². The molecule has 5 nitrogen and oxygen atoms in total. The highest BCUT2D eigenvalue weighted by atomic mass is 16.5. The van der Waals surface area contributed by atoms with Crippen molar-refractivity contribution in [1.29, 1.82) is 0 Å². The number of hydrogen-bond acceptors (Lipinski definition) is 4. The van der Waals surface area contributed by atoms with Crippen molar-refractivity contribution in [3.8, 4) is 5.75 Å². The van der Waals surface area contributed by atoms with Crippen LogP contribution in [-0.2, 0) is 4.79 Å². The number of hydrogen-bond donors (Lipinski definition) is 2. The number of aryl methyl sites for hydroxylation is 1. The topological polar surface area (TPSA) is 62.7 Å². The second kappa shape index (κ2) is 6.74. The Morgan fingerprint density at radius 2 is 1.88 bits per heavy atom. The van der Waals surface area contributed by atoms with E-state index in [-0.39, 0.29) is 11.8 Å². The molecule has 2 N–H and O–H groups in total. The van der Waals surface area contributed by atoms with Crippen LogP contribution in [0.4, 0.5) is 11.4 Å². The number of amides is 1. The Hall–Kier alpha value is -2.82. The number of rotatable bonds is 4. The number of ether oxygens (including phenoxy) is 1. The van der Waals surface area contributed by atoms with Crippen LogP contribution < -0.4 is 15.5 Å². The molecule has 0 bridgehead atoms. The van der Waals surface area contributed by atoms with Gasteiger partial charge in [-0.05, 0) is 48.4 Å². The minimum atomic E-state index is -0.0283. The van der Waals surface area contributed by atoms with E-state index in [9.17, 15) is 4.79 Å². The van der Waals surface area contributed by atoms with Crippen molar-refractivity contribution in [2.45, 2.75) is 20.3 Å². The van der Waals surface area contributed by atoms with Crippen molar-refractivity contribution >= 4 is 23.0 Å². The van der Waals surface area contributed by atoms with Gasteiger partial charge < -0.3 is 10.1 Å². The number of anilines is 2. The fourth-order valence-corrected chi connectivity index (χ4v) is 2.85. The summed E-state index contributed by atoms with van der Waals surface area (Å²) in [4.78, 5) is 11.3. The van der Waals surface area contributed by atoms with Gasteiger partial charge in [-0.3, -0.25) is 4.79 Å². The maximum absolute atomic E-state index is 11.3. The van der Waals surface area contributed by atoms with E-state index in [4.69, 9.17) is 4.74 Å². The lowest BCUT2D eigenvalue weighted by Gasteiger charge is -2.19. The third-order valence-electron chi connectivity index (χ3n) is 4.12. The summed E-state index contributed by atoms with van der Waals surface area (Å²) in [5.41, 5.74) is 7.59. The van der Waals surface area contributed by atoms with Crippen molar-refractivity contribution in [3.63, 3.8) is 0 Å². The van der Waals surface area contributed by atoms with Gasteiger partial charge in [-0.2, -0.15) is 5.10 Å². The van der Waals surface area contributed by atoms with E-state index in [1.54, 1.807) is 7.11 Å². The van der Waals surface area contributed by atoms with Crippen LogP contribution in [0.1, 0.15) is 24.5 Å². The van der Waals surface area contributed by atoms with Crippen LogP contribution in [0.3, 0.4) is 0 Å². The summed E-state index contributed by atoms with van der Waals surface area (Å²) in [5.74, 6) is 0.975. The Morgan fingerprint density at radius 1 is 1.17 bits per heavy atom. The van der Waals surface area contributed by atoms with E-state index in [0.29, 0.717) is 6.42 Å².